The fraction of sp³-hybridized carbons (Fsp3) is 0.222. The van der Waals surface area contributed by atoms with Gasteiger partial charge in [0.2, 0.25) is 0 Å². The molecule has 6 nitrogen and oxygen atoms in total. The zero-order valence-corrected chi connectivity index (χ0v) is 16.6. The van der Waals surface area contributed by atoms with Crippen LogP contribution in [0.5, 0.6) is 0 Å². The molecular formula is C18H12ClF4N5OS. The molecular weight excluding hydrogens is 446 g/mol. The number of anilines is 1. The molecule has 0 spiro atoms. The fourth-order valence-corrected chi connectivity index (χ4v) is 4.41. The highest BCUT2D eigenvalue weighted by molar-refractivity contribution is 7.99. The Balaban J connectivity index is 1.66. The predicted molar refractivity (Wildman–Crippen MR) is 102 cm³/mol. The summed E-state index contributed by atoms with van der Waals surface area (Å²) in [5.41, 5.74) is 0.168. The van der Waals surface area contributed by atoms with Gasteiger partial charge in [-0.15, -0.1) is 0 Å². The van der Waals surface area contributed by atoms with E-state index in [4.69, 9.17) is 11.6 Å². The van der Waals surface area contributed by atoms with Crippen molar-refractivity contribution < 1.29 is 17.6 Å². The van der Waals surface area contributed by atoms with Crippen LogP contribution in [0.25, 0.3) is 0 Å². The Labute approximate surface area is 176 Å². The normalized spacial score (nSPS) is 14.0. The first-order chi connectivity index (χ1) is 14.2. The molecule has 0 bridgehead atoms. The van der Waals surface area contributed by atoms with Gasteiger partial charge in [-0.2, -0.15) is 18.3 Å². The second-order valence-electron chi connectivity index (χ2n) is 6.41. The van der Waals surface area contributed by atoms with Crippen molar-refractivity contribution in [2.45, 2.75) is 29.1 Å². The smallest absolute Gasteiger partial charge is 0.363 e. The summed E-state index contributed by atoms with van der Waals surface area (Å²) >= 11 is 6.88. The molecule has 156 valence electrons. The number of rotatable bonds is 3. The van der Waals surface area contributed by atoms with Crippen LogP contribution in [0.3, 0.4) is 0 Å². The summed E-state index contributed by atoms with van der Waals surface area (Å²) in [6.45, 7) is 0.722. The highest BCUT2D eigenvalue weighted by Gasteiger charge is 2.35. The highest BCUT2D eigenvalue weighted by Crippen LogP contribution is 2.41. The number of hydrogen-bond donors (Lipinski definition) is 1. The number of benzene rings is 1. The molecule has 0 atom stereocenters. The van der Waals surface area contributed by atoms with Crippen molar-refractivity contribution in [3.63, 3.8) is 0 Å². The third kappa shape index (κ3) is 3.99. The van der Waals surface area contributed by atoms with E-state index in [1.165, 1.54) is 12.5 Å². The van der Waals surface area contributed by atoms with Crippen molar-refractivity contribution in [3.05, 3.63) is 68.7 Å². The van der Waals surface area contributed by atoms with Gasteiger partial charge in [0.15, 0.2) is 0 Å². The lowest BCUT2D eigenvalue weighted by Gasteiger charge is -2.30. The Morgan fingerprint density at radius 3 is 2.80 bits per heavy atom. The van der Waals surface area contributed by atoms with Gasteiger partial charge in [0, 0.05) is 17.0 Å². The topological polar surface area (TPSA) is 74.8 Å². The van der Waals surface area contributed by atoms with Gasteiger partial charge in [-0.25, -0.2) is 19.5 Å². The van der Waals surface area contributed by atoms with E-state index in [1.807, 2.05) is 4.90 Å². The molecule has 0 fully saturated rings. The average Bonchev–Trinajstić information content (AvgIpc) is 2.70. The number of nitrogens with zero attached hydrogens (tertiary/aromatic N) is 4. The van der Waals surface area contributed by atoms with Crippen LogP contribution in [0.2, 0.25) is 5.02 Å². The minimum atomic E-state index is -4.70. The quantitative estimate of drug-likeness (QED) is 0.472. The fourth-order valence-electron chi connectivity index (χ4n) is 3.13. The number of aromatic nitrogens is 4. The first-order valence-electron chi connectivity index (χ1n) is 8.59. The third-order valence-electron chi connectivity index (χ3n) is 4.54. The zero-order valence-electron chi connectivity index (χ0n) is 15.0. The van der Waals surface area contributed by atoms with E-state index < -0.39 is 23.1 Å². The van der Waals surface area contributed by atoms with Crippen LogP contribution in [0.1, 0.15) is 16.8 Å². The van der Waals surface area contributed by atoms with Gasteiger partial charge in [0.1, 0.15) is 22.2 Å². The van der Waals surface area contributed by atoms with Crippen molar-refractivity contribution in [1.82, 2.24) is 20.2 Å². The monoisotopic (exact) mass is 457 g/mol. The van der Waals surface area contributed by atoms with Crippen molar-refractivity contribution in [2.24, 2.45) is 0 Å². The standard InChI is InChI=1S/C18H12ClF4N5OS/c19-15-13(6-26-27-16(15)29)28-4-3-10-12(7-28)24-8-25-17(10)30-14-2-1-9(20)5-11(14)18(21,22)23/h1-2,5-6,8H,3-4,7H2,(H,27,29). The Bertz CT molecular complexity index is 1170. The van der Waals surface area contributed by atoms with E-state index in [1.54, 1.807) is 0 Å². The molecule has 3 heterocycles. The van der Waals surface area contributed by atoms with Crippen molar-refractivity contribution in [2.75, 3.05) is 11.4 Å². The molecule has 3 aromatic rings. The molecule has 12 heteroatoms. The summed E-state index contributed by atoms with van der Waals surface area (Å²) in [5.74, 6) is -0.963. The molecule has 0 saturated carbocycles. The van der Waals surface area contributed by atoms with Crippen LogP contribution in [0, 0.1) is 5.82 Å². The van der Waals surface area contributed by atoms with E-state index in [0.717, 1.165) is 23.9 Å². The first-order valence-corrected chi connectivity index (χ1v) is 9.79. The lowest BCUT2D eigenvalue weighted by Crippen LogP contribution is -2.33. The number of alkyl halides is 3. The SMILES string of the molecule is O=c1[nH]ncc(N2CCc3c(ncnc3Sc3ccc(F)cc3C(F)(F)F)C2)c1Cl. The van der Waals surface area contributed by atoms with Gasteiger partial charge >= 0.3 is 6.18 Å². The van der Waals surface area contributed by atoms with E-state index >= 15 is 0 Å². The minimum Gasteiger partial charge on any atom is -0.363 e. The van der Waals surface area contributed by atoms with Gasteiger partial charge in [-0.3, -0.25) is 4.79 Å². The predicted octanol–water partition coefficient (Wildman–Crippen LogP) is 4.09. The van der Waals surface area contributed by atoms with Crippen LogP contribution in [0.15, 0.2) is 45.4 Å². The summed E-state index contributed by atoms with van der Waals surface area (Å²) < 4.78 is 53.3. The average molecular weight is 458 g/mol. The molecule has 1 aliphatic heterocycles. The molecule has 30 heavy (non-hydrogen) atoms. The molecule has 2 aromatic heterocycles. The van der Waals surface area contributed by atoms with Crippen LogP contribution in [-0.2, 0) is 19.1 Å². The number of nitrogens with one attached hydrogen (secondary N) is 1. The summed E-state index contributed by atoms with van der Waals surface area (Å²) in [7, 11) is 0. The van der Waals surface area contributed by atoms with Crippen LogP contribution >= 0.6 is 23.4 Å². The van der Waals surface area contributed by atoms with Crippen LogP contribution in [-0.4, -0.2) is 26.7 Å². The maximum Gasteiger partial charge on any atom is 0.417 e. The lowest BCUT2D eigenvalue weighted by atomic mass is 10.1. The Morgan fingerprint density at radius 1 is 1.23 bits per heavy atom. The van der Waals surface area contributed by atoms with E-state index in [2.05, 4.69) is 20.2 Å². The van der Waals surface area contributed by atoms with Gasteiger partial charge in [-0.1, -0.05) is 23.4 Å². The van der Waals surface area contributed by atoms with E-state index in [-0.39, 0.29) is 16.5 Å². The molecule has 0 unspecified atom stereocenters. The maximum absolute atomic E-state index is 13.4. The largest absolute Gasteiger partial charge is 0.417 e. The summed E-state index contributed by atoms with van der Waals surface area (Å²) in [6.07, 6.45) is -1.58. The minimum absolute atomic E-state index is 0.00163. The number of halogens is 5. The van der Waals surface area contributed by atoms with E-state index in [9.17, 15) is 22.4 Å². The Hall–Kier alpha value is -2.66. The summed E-state index contributed by atoms with van der Waals surface area (Å²) in [5, 5.41) is 6.36. The second-order valence-corrected chi connectivity index (χ2v) is 7.82. The molecule has 1 aliphatic rings. The van der Waals surface area contributed by atoms with Gasteiger partial charge in [-0.05, 0) is 24.6 Å². The second kappa shape index (κ2) is 7.88. The number of hydrogen-bond acceptors (Lipinski definition) is 6. The third-order valence-corrected chi connectivity index (χ3v) is 6.03. The molecule has 0 amide bonds. The Morgan fingerprint density at radius 2 is 2.03 bits per heavy atom. The molecule has 1 aromatic carbocycles. The lowest BCUT2D eigenvalue weighted by molar-refractivity contribution is -0.139. The summed E-state index contributed by atoms with van der Waals surface area (Å²) in [4.78, 5) is 21.7. The number of aromatic amines is 1. The molecule has 4 rings (SSSR count). The zero-order chi connectivity index (χ0) is 21.5. The van der Waals surface area contributed by atoms with Crippen molar-refractivity contribution in [3.8, 4) is 0 Å². The maximum atomic E-state index is 13.4. The van der Waals surface area contributed by atoms with Crippen molar-refractivity contribution >= 4 is 29.1 Å². The molecule has 0 aliphatic carbocycles. The first kappa shape index (κ1) is 20.6. The molecule has 0 radical (unpaired) electrons. The van der Waals surface area contributed by atoms with Crippen LogP contribution < -0.4 is 10.5 Å². The summed E-state index contributed by atoms with van der Waals surface area (Å²) in [6, 6.07) is 2.54. The van der Waals surface area contributed by atoms with E-state index in [0.29, 0.717) is 41.0 Å². The number of fused-ring (bicyclic) bond motifs is 1. The Kier molecular flexibility index (Phi) is 5.41. The molecule has 0 saturated heterocycles. The highest BCUT2D eigenvalue weighted by atomic mass is 35.5. The van der Waals surface area contributed by atoms with Crippen molar-refractivity contribution in [1.29, 1.82) is 0 Å². The van der Waals surface area contributed by atoms with Crippen LogP contribution in [0.4, 0.5) is 23.2 Å². The van der Waals surface area contributed by atoms with Gasteiger partial charge in [0.05, 0.1) is 29.7 Å². The van der Waals surface area contributed by atoms with Gasteiger partial charge in [0.25, 0.3) is 5.56 Å². The molecule has 1 N–H and O–H groups in total. The van der Waals surface area contributed by atoms with Gasteiger partial charge < -0.3 is 4.90 Å². The number of H-pyrrole nitrogens is 1.